The van der Waals surface area contributed by atoms with Crippen molar-refractivity contribution in [3.63, 3.8) is 0 Å². The first-order valence-corrected chi connectivity index (χ1v) is 10.4. The second-order valence-electron chi connectivity index (χ2n) is 6.21. The van der Waals surface area contributed by atoms with Crippen molar-refractivity contribution in [1.82, 2.24) is 13.7 Å². The topological polar surface area (TPSA) is 110 Å². The van der Waals surface area contributed by atoms with Crippen molar-refractivity contribution < 1.29 is 13.3 Å². The molecule has 0 unspecified atom stereocenters. The van der Waals surface area contributed by atoms with E-state index in [0.717, 1.165) is 5.56 Å². The third kappa shape index (κ3) is 3.66. The van der Waals surface area contributed by atoms with E-state index in [-0.39, 0.29) is 29.1 Å². The standard InChI is InChI=1S/C16H19N5O4S2/c1-11(2)19(3)27(24,25)13-6-4-12(5-7-13)10-17-14-15(21(22)23)20-8-9-26-16(20)18-14/h4-9,11,17H,10H2,1-3H3. The summed E-state index contributed by atoms with van der Waals surface area (Å²) in [5.74, 6) is 0.0621. The van der Waals surface area contributed by atoms with E-state index in [0.29, 0.717) is 4.96 Å². The number of hydrogen-bond acceptors (Lipinski definition) is 7. The van der Waals surface area contributed by atoms with Gasteiger partial charge in [0, 0.05) is 25.0 Å². The highest BCUT2D eigenvalue weighted by atomic mass is 32.2. The summed E-state index contributed by atoms with van der Waals surface area (Å²) in [4.78, 5) is 15.8. The highest BCUT2D eigenvalue weighted by Crippen LogP contribution is 2.28. The number of aromatic nitrogens is 2. The Kier molecular flexibility index (Phi) is 5.18. The molecule has 0 saturated heterocycles. The zero-order chi connectivity index (χ0) is 19.8. The quantitative estimate of drug-likeness (QED) is 0.474. The molecule has 0 radical (unpaired) electrons. The summed E-state index contributed by atoms with van der Waals surface area (Å²) in [5, 5.41) is 16.0. The smallest absolute Gasteiger partial charge is 0.359 e. The Hall–Kier alpha value is -2.50. The molecule has 0 saturated carbocycles. The number of hydrogen-bond donors (Lipinski definition) is 1. The lowest BCUT2D eigenvalue weighted by Crippen LogP contribution is -2.33. The van der Waals surface area contributed by atoms with Gasteiger partial charge >= 0.3 is 5.82 Å². The first-order chi connectivity index (χ1) is 12.7. The molecule has 2 aromatic heterocycles. The summed E-state index contributed by atoms with van der Waals surface area (Å²) in [6.07, 6.45) is 1.60. The first kappa shape index (κ1) is 19.3. The molecule has 1 aromatic carbocycles. The molecule has 3 rings (SSSR count). The molecular weight excluding hydrogens is 390 g/mol. The van der Waals surface area contributed by atoms with Gasteiger partial charge in [-0.2, -0.15) is 13.7 Å². The average Bonchev–Trinajstić information content (AvgIpc) is 3.19. The van der Waals surface area contributed by atoms with E-state index in [1.807, 2.05) is 0 Å². The lowest BCUT2D eigenvalue weighted by molar-refractivity contribution is -0.389. The lowest BCUT2D eigenvalue weighted by atomic mass is 10.2. The fourth-order valence-electron chi connectivity index (χ4n) is 2.48. The van der Waals surface area contributed by atoms with Crippen molar-refractivity contribution in [3.05, 3.63) is 51.5 Å². The van der Waals surface area contributed by atoms with Gasteiger partial charge in [-0.3, -0.25) is 0 Å². The molecule has 2 heterocycles. The summed E-state index contributed by atoms with van der Waals surface area (Å²) in [6, 6.07) is 6.28. The average molecular weight is 409 g/mol. The molecular formula is C16H19N5O4S2. The number of nitrogens with one attached hydrogen (secondary N) is 1. The number of rotatable bonds is 7. The van der Waals surface area contributed by atoms with Crippen LogP contribution in [-0.4, -0.2) is 40.1 Å². The molecule has 3 aromatic rings. The summed E-state index contributed by atoms with van der Waals surface area (Å²) in [7, 11) is -2.00. The largest absolute Gasteiger partial charge is 0.372 e. The molecule has 144 valence electrons. The van der Waals surface area contributed by atoms with Gasteiger partial charge in [0.05, 0.1) is 4.90 Å². The molecule has 0 fully saturated rings. The van der Waals surface area contributed by atoms with Crippen molar-refractivity contribution in [2.24, 2.45) is 0 Å². The van der Waals surface area contributed by atoms with Crippen LogP contribution in [0.3, 0.4) is 0 Å². The van der Waals surface area contributed by atoms with Gasteiger partial charge in [-0.1, -0.05) is 23.5 Å². The Morgan fingerprint density at radius 1 is 1.33 bits per heavy atom. The molecule has 0 bridgehead atoms. The molecule has 11 heteroatoms. The van der Waals surface area contributed by atoms with Gasteiger partial charge in [0.1, 0.15) is 6.20 Å². The molecule has 0 aliphatic rings. The van der Waals surface area contributed by atoms with E-state index >= 15 is 0 Å². The van der Waals surface area contributed by atoms with Crippen LogP contribution >= 0.6 is 11.3 Å². The Bertz CT molecular complexity index is 1070. The minimum Gasteiger partial charge on any atom is -0.359 e. The molecule has 9 nitrogen and oxygen atoms in total. The molecule has 0 aliphatic carbocycles. The molecule has 27 heavy (non-hydrogen) atoms. The van der Waals surface area contributed by atoms with Crippen LogP contribution in [0, 0.1) is 10.1 Å². The van der Waals surface area contributed by atoms with Crippen LogP contribution < -0.4 is 5.32 Å². The van der Waals surface area contributed by atoms with Crippen LogP contribution in [-0.2, 0) is 16.6 Å². The fourth-order valence-corrected chi connectivity index (χ4v) is 4.55. The van der Waals surface area contributed by atoms with Crippen LogP contribution in [0.2, 0.25) is 0 Å². The molecule has 0 amide bonds. The monoisotopic (exact) mass is 409 g/mol. The zero-order valence-electron chi connectivity index (χ0n) is 15.0. The number of fused-ring (bicyclic) bond motifs is 1. The number of benzene rings is 1. The van der Waals surface area contributed by atoms with E-state index in [2.05, 4.69) is 10.3 Å². The predicted octanol–water partition coefficient (Wildman–Crippen LogP) is 2.95. The number of imidazole rings is 1. The highest BCUT2D eigenvalue weighted by molar-refractivity contribution is 7.89. The zero-order valence-corrected chi connectivity index (χ0v) is 16.6. The van der Waals surface area contributed by atoms with Gasteiger partial charge in [0.25, 0.3) is 4.96 Å². The van der Waals surface area contributed by atoms with Gasteiger partial charge in [-0.25, -0.2) is 8.42 Å². The van der Waals surface area contributed by atoms with Crippen molar-refractivity contribution in [2.75, 3.05) is 12.4 Å². The maximum Gasteiger partial charge on any atom is 0.372 e. The number of nitro groups is 1. The second kappa shape index (κ2) is 7.25. The van der Waals surface area contributed by atoms with Crippen LogP contribution in [0.1, 0.15) is 19.4 Å². The Morgan fingerprint density at radius 3 is 2.59 bits per heavy atom. The number of thiazole rings is 1. The van der Waals surface area contributed by atoms with E-state index in [4.69, 9.17) is 0 Å². The van der Waals surface area contributed by atoms with Crippen LogP contribution in [0.4, 0.5) is 11.6 Å². The van der Waals surface area contributed by atoms with Crippen molar-refractivity contribution in [2.45, 2.75) is 31.3 Å². The van der Waals surface area contributed by atoms with Gasteiger partial charge in [-0.05, 0) is 36.5 Å². The number of anilines is 1. The summed E-state index contributed by atoms with van der Waals surface area (Å²) >= 11 is 1.31. The van der Waals surface area contributed by atoms with E-state index in [1.165, 1.54) is 32.2 Å². The minimum absolute atomic E-state index is 0.121. The Labute approximate surface area is 160 Å². The molecule has 0 atom stereocenters. The van der Waals surface area contributed by atoms with Crippen LogP contribution in [0.25, 0.3) is 4.96 Å². The highest BCUT2D eigenvalue weighted by Gasteiger charge is 2.24. The fraction of sp³-hybridized carbons (Fsp3) is 0.312. The minimum atomic E-state index is -3.54. The van der Waals surface area contributed by atoms with Gasteiger partial charge in [0.2, 0.25) is 15.8 Å². The Morgan fingerprint density at radius 2 is 2.00 bits per heavy atom. The summed E-state index contributed by atoms with van der Waals surface area (Å²) in [5.41, 5.74) is 0.784. The summed E-state index contributed by atoms with van der Waals surface area (Å²) in [6.45, 7) is 3.89. The van der Waals surface area contributed by atoms with Crippen molar-refractivity contribution in [3.8, 4) is 0 Å². The number of sulfonamides is 1. The van der Waals surface area contributed by atoms with E-state index in [1.54, 1.807) is 44.6 Å². The predicted molar refractivity (Wildman–Crippen MR) is 104 cm³/mol. The van der Waals surface area contributed by atoms with Gasteiger partial charge in [-0.15, -0.1) is 0 Å². The van der Waals surface area contributed by atoms with Crippen LogP contribution in [0.15, 0.2) is 40.7 Å². The Balaban J connectivity index is 1.78. The maximum atomic E-state index is 12.5. The van der Waals surface area contributed by atoms with Crippen molar-refractivity contribution in [1.29, 1.82) is 0 Å². The van der Waals surface area contributed by atoms with Crippen molar-refractivity contribution >= 4 is 38.0 Å². The lowest BCUT2D eigenvalue weighted by Gasteiger charge is -2.21. The van der Waals surface area contributed by atoms with Gasteiger partial charge in [0.15, 0.2) is 0 Å². The third-order valence-electron chi connectivity index (χ3n) is 4.20. The SMILES string of the molecule is CC(C)N(C)S(=O)(=O)c1ccc(CNc2nc3sccn3c2[N+](=O)[O-])cc1. The van der Waals surface area contributed by atoms with Gasteiger partial charge < -0.3 is 15.4 Å². The summed E-state index contributed by atoms with van der Waals surface area (Å²) < 4.78 is 27.7. The third-order valence-corrected chi connectivity index (χ3v) is 7.00. The normalized spacial score (nSPS) is 12.2. The first-order valence-electron chi connectivity index (χ1n) is 8.12. The van der Waals surface area contributed by atoms with E-state index in [9.17, 15) is 18.5 Å². The number of nitrogens with zero attached hydrogens (tertiary/aromatic N) is 4. The van der Waals surface area contributed by atoms with Crippen LogP contribution in [0.5, 0.6) is 0 Å². The second-order valence-corrected chi connectivity index (χ2v) is 9.08. The van der Waals surface area contributed by atoms with E-state index < -0.39 is 14.9 Å². The maximum absolute atomic E-state index is 12.5. The molecule has 0 spiro atoms. The molecule has 0 aliphatic heterocycles. The molecule has 1 N–H and O–H groups in total.